The molecule has 0 radical (unpaired) electrons. The van der Waals surface area contributed by atoms with Crippen LogP contribution in [-0.2, 0) is 8.85 Å². The summed E-state index contributed by atoms with van der Waals surface area (Å²) in [5.41, 5.74) is 0. The lowest BCUT2D eigenvalue weighted by Gasteiger charge is -2.17. The molecule has 0 aliphatic rings. The maximum Gasteiger partial charge on any atom is 0.356 e. The second kappa shape index (κ2) is 6.39. The zero-order chi connectivity index (χ0) is 14.7. The van der Waals surface area contributed by atoms with Crippen molar-refractivity contribution in [1.82, 2.24) is 0 Å². The topological polar surface area (TPSA) is 18.5 Å². The summed E-state index contributed by atoms with van der Waals surface area (Å²) in [6.45, 7) is 5.45. The van der Waals surface area contributed by atoms with E-state index in [1.54, 1.807) is 0 Å². The quantitative estimate of drug-likeness (QED) is 0.530. The van der Waals surface area contributed by atoms with Gasteiger partial charge >= 0.3 is 9.28 Å². The Labute approximate surface area is 127 Å². The van der Waals surface area contributed by atoms with Crippen molar-refractivity contribution in [2.75, 3.05) is 13.2 Å². The minimum Gasteiger partial charge on any atom is -0.394 e. The van der Waals surface area contributed by atoms with Crippen LogP contribution in [0.5, 0.6) is 0 Å². The molecule has 0 amide bonds. The monoisotopic (exact) mass is 296 g/mol. The second-order valence-electron chi connectivity index (χ2n) is 5.01. The molecule has 0 aromatic heterocycles. The molecule has 3 heteroatoms. The average molecular weight is 296 g/mol. The fraction of sp³-hybridized carbons (Fsp3) is 0.222. The molecule has 21 heavy (non-hydrogen) atoms. The smallest absolute Gasteiger partial charge is 0.356 e. The van der Waals surface area contributed by atoms with Crippen LogP contribution < -0.4 is 5.19 Å². The van der Waals surface area contributed by atoms with Gasteiger partial charge in [0.05, 0.1) is 0 Å². The van der Waals surface area contributed by atoms with Gasteiger partial charge in [0.25, 0.3) is 0 Å². The van der Waals surface area contributed by atoms with Gasteiger partial charge in [-0.25, -0.2) is 0 Å². The van der Waals surface area contributed by atoms with Crippen molar-refractivity contribution < 1.29 is 8.85 Å². The summed E-state index contributed by atoms with van der Waals surface area (Å²) in [6.07, 6.45) is 0. The van der Waals surface area contributed by atoms with Crippen molar-refractivity contribution in [2.45, 2.75) is 13.8 Å². The fourth-order valence-corrected chi connectivity index (χ4v) is 4.56. The van der Waals surface area contributed by atoms with E-state index >= 15 is 0 Å². The van der Waals surface area contributed by atoms with Crippen LogP contribution in [0.3, 0.4) is 0 Å². The van der Waals surface area contributed by atoms with E-state index in [0.717, 1.165) is 0 Å². The highest BCUT2D eigenvalue weighted by Gasteiger charge is 2.18. The molecular weight excluding hydrogens is 276 g/mol. The summed E-state index contributed by atoms with van der Waals surface area (Å²) in [5.74, 6) is 0. The number of hydrogen-bond acceptors (Lipinski definition) is 2. The summed E-state index contributed by atoms with van der Waals surface area (Å²) in [6, 6.07) is 19.4. The maximum absolute atomic E-state index is 5.91. The third-order valence-electron chi connectivity index (χ3n) is 3.67. The summed E-state index contributed by atoms with van der Waals surface area (Å²) < 4.78 is 11.8. The molecule has 0 heterocycles. The van der Waals surface area contributed by atoms with Crippen LogP contribution in [0.1, 0.15) is 13.8 Å². The zero-order valence-electron chi connectivity index (χ0n) is 12.5. The molecule has 0 unspecified atom stereocenters. The molecule has 0 aliphatic carbocycles. The van der Waals surface area contributed by atoms with Crippen molar-refractivity contribution in [1.29, 1.82) is 0 Å². The Morgan fingerprint density at radius 2 is 1.38 bits per heavy atom. The first-order valence-electron chi connectivity index (χ1n) is 7.48. The Morgan fingerprint density at radius 3 is 2.05 bits per heavy atom. The van der Waals surface area contributed by atoms with Crippen molar-refractivity contribution in [3.63, 3.8) is 0 Å². The Hall–Kier alpha value is -1.68. The van der Waals surface area contributed by atoms with E-state index in [0.29, 0.717) is 13.2 Å². The first-order chi connectivity index (χ1) is 10.3. The predicted octanol–water partition coefficient (Wildman–Crippen LogP) is 3.49. The predicted molar refractivity (Wildman–Crippen MR) is 91.5 cm³/mol. The third kappa shape index (κ3) is 2.86. The van der Waals surface area contributed by atoms with Crippen molar-refractivity contribution in [3.8, 4) is 0 Å². The van der Waals surface area contributed by atoms with E-state index in [9.17, 15) is 0 Å². The molecule has 0 fully saturated rings. The largest absolute Gasteiger partial charge is 0.394 e. The fourth-order valence-electron chi connectivity index (χ4n) is 2.73. The molecule has 0 saturated heterocycles. The Morgan fingerprint density at radius 1 is 0.762 bits per heavy atom. The molecule has 0 N–H and O–H groups in total. The van der Waals surface area contributed by atoms with E-state index in [1.807, 2.05) is 13.8 Å². The van der Waals surface area contributed by atoms with Gasteiger partial charge in [-0.2, -0.15) is 0 Å². The normalized spacial score (nSPS) is 11.6. The van der Waals surface area contributed by atoms with E-state index in [1.165, 1.54) is 26.7 Å². The van der Waals surface area contributed by atoms with Crippen LogP contribution in [-0.4, -0.2) is 22.5 Å². The summed E-state index contributed by atoms with van der Waals surface area (Å²) in [5, 5.41) is 6.28. The first-order valence-corrected chi connectivity index (χ1v) is 9.00. The summed E-state index contributed by atoms with van der Waals surface area (Å²) in [4.78, 5) is 0. The third-order valence-corrected chi connectivity index (χ3v) is 5.95. The van der Waals surface area contributed by atoms with Crippen LogP contribution >= 0.6 is 0 Å². The van der Waals surface area contributed by atoms with Crippen LogP contribution in [0.2, 0.25) is 0 Å². The Balaban J connectivity index is 2.19. The molecule has 0 bridgehead atoms. The second-order valence-corrected chi connectivity index (χ2v) is 6.96. The number of hydrogen-bond donors (Lipinski definition) is 0. The van der Waals surface area contributed by atoms with Gasteiger partial charge in [0.2, 0.25) is 0 Å². The molecule has 3 aromatic rings. The van der Waals surface area contributed by atoms with Gasteiger partial charge < -0.3 is 8.85 Å². The highest BCUT2D eigenvalue weighted by Crippen LogP contribution is 2.22. The number of benzene rings is 3. The molecule has 108 valence electrons. The van der Waals surface area contributed by atoms with Crippen molar-refractivity contribution in [3.05, 3.63) is 54.6 Å². The van der Waals surface area contributed by atoms with Crippen LogP contribution in [0.4, 0.5) is 0 Å². The van der Waals surface area contributed by atoms with Gasteiger partial charge in [-0.05, 0) is 52.7 Å². The average Bonchev–Trinajstić information content (AvgIpc) is 2.52. The van der Waals surface area contributed by atoms with Gasteiger partial charge in [0.15, 0.2) is 0 Å². The molecule has 0 atom stereocenters. The number of rotatable bonds is 5. The minimum absolute atomic E-state index is 0.695. The van der Waals surface area contributed by atoms with E-state index < -0.39 is 9.28 Å². The lowest BCUT2D eigenvalue weighted by Crippen LogP contribution is -2.37. The lowest BCUT2D eigenvalue weighted by molar-refractivity contribution is 0.225. The molecule has 0 aliphatic heterocycles. The Kier molecular flexibility index (Phi) is 4.34. The van der Waals surface area contributed by atoms with Gasteiger partial charge in [-0.3, -0.25) is 0 Å². The standard InChI is InChI=1S/C18H20O2Si/c1-3-19-21(20-4-2)18-11-7-10-16-12-14-8-5-6-9-15(14)13-17(16)18/h5-13,21H,3-4H2,1-2H3. The molecule has 3 aromatic carbocycles. The molecule has 3 rings (SSSR count). The molecule has 2 nitrogen and oxygen atoms in total. The van der Waals surface area contributed by atoms with Crippen LogP contribution in [0.25, 0.3) is 21.5 Å². The van der Waals surface area contributed by atoms with Crippen molar-refractivity contribution in [2.24, 2.45) is 0 Å². The lowest BCUT2D eigenvalue weighted by atomic mass is 10.0. The van der Waals surface area contributed by atoms with Gasteiger partial charge in [-0.15, -0.1) is 0 Å². The first kappa shape index (κ1) is 14.3. The zero-order valence-corrected chi connectivity index (χ0v) is 13.7. The highest BCUT2D eigenvalue weighted by molar-refractivity contribution is 6.64. The minimum atomic E-state index is -1.82. The van der Waals surface area contributed by atoms with Crippen LogP contribution in [0, 0.1) is 0 Å². The summed E-state index contributed by atoms with van der Waals surface area (Å²) >= 11 is 0. The molecule has 0 saturated carbocycles. The Bertz CT molecular complexity index is 748. The van der Waals surface area contributed by atoms with Crippen LogP contribution in [0.15, 0.2) is 54.6 Å². The maximum atomic E-state index is 5.91. The summed E-state index contributed by atoms with van der Waals surface area (Å²) in [7, 11) is -1.82. The van der Waals surface area contributed by atoms with Crippen molar-refractivity contribution >= 4 is 36.0 Å². The van der Waals surface area contributed by atoms with E-state index in [2.05, 4.69) is 54.6 Å². The molecule has 0 spiro atoms. The molecular formula is C18H20O2Si. The number of fused-ring (bicyclic) bond motifs is 2. The van der Waals surface area contributed by atoms with Gasteiger partial charge in [-0.1, -0.05) is 42.5 Å². The SMILES string of the molecule is CCO[SiH](OCC)c1cccc2cc3ccccc3cc12. The van der Waals surface area contributed by atoms with Gasteiger partial charge in [0, 0.05) is 13.2 Å². The van der Waals surface area contributed by atoms with Gasteiger partial charge in [0.1, 0.15) is 0 Å². The highest BCUT2D eigenvalue weighted by atomic mass is 28.3. The van der Waals surface area contributed by atoms with E-state index in [-0.39, 0.29) is 0 Å². The van der Waals surface area contributed by atoms with E-state index in [4.69, 9.17) is 8.85 Å².